The number of H-pyrrole nitrogens is 1. The molecule has 4 rings (SSSR count). The van der Waals surface area contributed by atoms with Crippen LogP contribution in [0.1, 0.15) is 31.0 Å². The van der Waals surface area contributed by atoms with Gasteiger partial charge in [-0.05, 0) is 37.0 Å². The number of aromatic nitrogens is 1. The zero-order chi connectivity index (χ0) is 17.4. The van der Waals surface area contributed by atoms with Gasteiger partial charge in [-0.2, -0.15) is 0 Å². The fraction of sp³-hybridized carbons (Fsp3) is 0.550. The molecule has 1 aromatic heterocycles. The van der Waals surface area contributed by atoms with E-state index >= 15 is 0 Å². The number of hydrogen-bond donors (Lipinski definition) is 2. The van der Waals surface area contributed by atoms with Crippen molar-refractivity contribution in [1.29, 1.82) is 0 Å². The topological polar surface area (TPSA) is 49.8 Å². The number of hydrogen-bond acceptors (Lipinski definition) is 2. The van der Waals surface area contributed by atoms with Crippen LogP contribution in [0.25, 0.3) is 10.9 Å². The Morgan fingerprint density at radius 2 is 2.16 bits per heavy atom. The molecule has 0 atom stereocenters. The maximum Gasteiger partial charge on any atom is 0.278 e. The monoisotopic (exact) mass is 342 g/mol. The number of methoxy groups -OCH3 is 1. The molecule has 5 nitrogen and oxygen atoms in total. The number of likely N-dealkylation sites (tertiary alicyclic amines) is 1. The van der Waals surface area contributed by atoms with Gasteiger partial charge in [-0.15, -0.1) is 0 Å². The van der Waals surface area contributed by atoms with Crippen LogP contribution in [0.2, 0.25) is 0 Å². The number of fused-ring (bicyclic) bond motifs is 3. The minimum atomic E-state index is 0.299. The van der Waals surface area contributed by atoms with Crippen LogP contribution in [-0.2, 0) is 17.8 Å². The highest BCUT2D eigenvalue weighted by molar-refractivity contribution is 5.87. The maximum absolute atomic E-state index is 12.8. The summed E-state index contributed by atoms with van der Waals surface area (Å²) >= 11 is 0. The molecule has 2 aliphatic rings. The quantitative estimate of drug-likeness (QED) is 0.885. The molecule has 25 heavy (non-hydrogen) atoms. The predicted octanol–water partition coefficient (Wildman–Crippen LogP) is 1.38. The van der Waals surface area contributed by atoms with Crippen molar-refractivity contribution in [3.63, 3.8) is 0 Å². The Labute approximate surface area is 148 Å². The van der Waals surface area contributed by atoms with E-state index in [1.54, 1.807) is 7.11 Å². The van der Waals surface area contributed by atoms with Crippen molar-refractivity contribution in [2.24, 2.45) is 5.92 Å². The number of nitrogens with one attached hydrogen (secondary N) is 2. The van der Waals surface area contributed by atoms with Crippen molar-refractivity contribution < 1.29 is 14.4 Å². The minimum absolute atomic E-state index is 0.299. The number of amides is 1. The van der Waals surface area contributed by atoms with Crippen molar-refractivity contribution >= 4 is 16.8 Å². The summed E-state index contributed by atoms with van der Waals surface area (Å²) in [4.78, 5) is 19.8. The van der Waals surface area contributed by atoms with Gasteiger partial charge in [0.05, 0.1) is 20.2 Å². The highest BCUT2D eigenvalue weighted by Gasteiger charge is 2.28. The lowest BCUT2D eigenvalue weighted by Gasteiger charge is -2.31. The molecule has 3 heterocycles. The number of nitrogens with zero attached hydrogens (tertiary/aromatic N) is 1. The average Bonchev–Trinajstić information content (AvgIpc) is 3.00. The minimum Gasteiger partial charge on any atom is -0.497 e. The number of piperidine rings is 1. The first kappa shape index (κ1) is 16.5. The number of aromatic amines is 1. The molecule has 0 unspecified atom stereocenters. The third kappa shape index (κ3) is 3.25. The first-order chi connectivity index (χ1) is 12.1. The maximum atomic E-state index is 12.8. The normalized spacial score (nSPS) is 23.5. The van der Waals surface area contributed by atoms with Gasteiger partial charge in [0.1, 0.15) is 5.75 Å². The smallest absolute Gasteiger partial charge is 0.278 e. The Balaban J connectivity index is 1.49. The van der Waals surface area contributed by atoms with E-state index in [-0.39, 0.29) is 0 Å². The lowest BCUT2D eigenvalue weighted by atomic mass is 9.99. The molecule has 0 saturated carbocycles. The molecule has 0 spiro atoms. The largest absolute Gasteiger partial charge is 0.497 e. The van der Waals surface area contributed by atoms with Gasteiger partial charge in [-0.3, -0.25) is 4.79 Å². The molecule has 1 aromatic carbocycles. The van der Waals surface area contributed by atoms with Crippen LogP contribution in [0.5, 0.6) is 5.75 Å². The van der Waals surface area contributed by atoms with E-state index in [0.29, 0.717) is 19.0 Å². The van der Waals surface area contributed by atoms with Gasteiger partial charge in [0.15, 0.2) is 6.54 Å². The van der Waals surface area contributed by atoms with Gasteiger partial charge in [0.2, 0.25) is 0 Å². The van der Waals surface area contributed by atoms with Gasteiger partial charge in [0, 0.05) is 41.7 Å². The molecule has 2 N–H and O–H groups in total. The zero-order valence-corrected chi connectivity index (χ0v) is 15.2. The molecule has 0 aliphatic carbocycles. The van der Waals surface area contributed by atoms with Crippen LogP contribution in [-0.4, -0.2) is 49.1 Å². The summed E-state index contributed by atoms with van der Waals surface area (Å²) in [6.07, 6.45) is 3.40. The molecule has 0 bridgehead atoms. The fourth-order valence-corrected chi connectivity index (χ4v) is 4.21. The number of carbonyl (C=O) groups is 1. The van der Waals surface area contributed by atoms with E-state index < -0.39 is 0 Å². The molecule has 5 heteroatoms. The van der Waals surface area contributed by atoms with Gasteiger partial charge in [-0.25, -0.2) is 0 Å². The molecule has 1 fully saturated rings. The highest BCUT2D eigenvalue weighted by Crippen LogP contribution is 2.30. The molecule has 1 saturated heterocycles. The number of carbonyl (C=O) groups excluding carboxylic acids is 1. The van der Waals surface area contributed by atoms with E-state index in [0.717, 1.165) is 43.2 Å². The van der Waals surface area contributed by atoms with Crippen LogP contribution in [0.15, 0.2) is 18.2 Å². The summed E-state index contributed by atoms with van der Waals surface area (Å²) < 4.78 is 5.37. The second-order valence-electron chi connectivity index (χ2n) is 7.67. The first-order valence-electron chi connectivity index (χ1n) is 9.43. The first-order valence-corrected chi connectivity index (χ1v) is 9.43. The number of quaternary nitrogens is 1. The lowest BCUT2D eigenvalue weighted by molar-refractivity contribution is -0.898. The Morgan fingerprint density at radius 3 is 2.92 bits per heavy atom. The number of ether oxygens (including phenoxy) is 1. The van der Waals surface area contributed by atoms with Crippen LogP contribution in [0.4, 0.5) is 0 Å². The Kier molecular flexibility index (Phi) is 4.42. The molecule has 2 aliphatic heterocycles. The molecular weight excluding hydrogens is 314 g/mol. The Morgan fingerprint density at radius 1 is 1.36 bits per heavy atom. The molecule has 134 valence electrons. The molecular formula is C20H28N3O2+. The van der Waals surface area contributed by atoms with Crippen LogP contribution in [0.3, 0.4) is 0 Å². The number of benzene rings is 1. The van der Waals surface area contributed by atoms with Crippen molar-refractivity contribution in [2.45, 2.75) is 32.7 Å². The second kappa shape index (κ2) is 6.71. The highest BCUT2D eigenvalue weighted by atomic mass is 16.5. The SMILES string of the molecule is COc1ccc2[nH]c3c(c2c1)CN(C(=O)C[NH+]1CCC(C)CC1)CC3. The summed E-state index contributed by atoms with van der Waals surface area (Å²) in [7, 11) is 1.69. The van der Waals surface area contributed by atoms with Crippen LogP contribution >= 0.6 is 0 Å². The van der Waals surface area contributed by atoms with Gasteiger partial charge < -0.3 is 19.5 Å². The standard InChI is InChI=1S/C20H27N3O2/c1-14-5-8-22(9-6-14)13-20(24)23-10-7-19-17(12-23)16-11-15(25-2)3-4-18(16)21-19/h3-4,11,14,21H,5-10,12-13H2,1-2H3/p+1. The van der Waals surface area contributed by atoms with Crippen LogP contribution in [0, 0.1) is 5.92 Å². The van der Waals surface area contributed by atoms with E-state index in [1.807, 2.05) is 11.0 Å². The van der Waals surface area contributed by atoms with E-state index in [1.165, 1.54) is 34.4 Å². The number of rotatable bonds is 3. The van der Waals surface area contributed by atoms with Gasteiger partial charge in [0.25, 0.3) is 5.91 Å². The summed E-state index contributed by atoms with van der Waals surface area (Å²) in [6, 6.07) is 6.13. The van der Waals surface area contributed by atoms with E-state index in [4.69, 9.17) is 4.74 Å². The van der Waals surface area contributed by atoms with Crippen LogP contribution < -0.4 is 9.64 Å². The average molecular weight is 342 g/mol. The van der Waals surface area contributed by atoms with Crippen molar-refractivity contribution in [3.05, 3.63) is 29.5 Å². The third-order valence-electron chi connectivity index (χ3n) is 5.92. The Hall–Kier alpha value is -2.01. The van der Waals surface area contributed by atoms with Crippen molar-refractivity contribution in [1.82, 2.24) is 9.88 Å². The lowest BCUT2D eigenvalue weighted by Crippen LogP contribution is -3.14. The third-order valence-corrected chi connectivity index (χ3v) is 5.92. The fourth-order valence-electron chi connectivity index (χ4n) is 4.21. The summed E-state index contributed by atoms with van der Waals surface area (Å²) in [6.45, 7) is 6.76. The Bertz CT molecular complexity index is 775. The summed E-state index contributed by atoms with van der Waals surface area (Å²) in [5.41, 5.74) is 3.66. The summed E-state index contributed by atoms with van der Waals surface area (Å²) in [5, 5.41) is 1.19. The van der Waals surface area contributed by atoms with Crippen molar-refractivity contribution in [3.8, 4) is 5.75 Å². The molecule has 0 radical (unpaired) electrons. The van der Waals surface area contributed by atoms with Gasteiger partial charge >= 0.3 is 0 Å². The second-order valence-corrected chi connectivity index (χ2v) is 7.67. The van der Waals surface area contributed by atoms with E-state index in [9.17, 15) is 4.79 Å². The molecule has 1 amide bonds. The van der Waals surface area contributed by atoms with Gasteiger partial charge in [-0.1, -0.05) is 6.92 Å². The molecule has 2 aromatic rings. The van der Waals surface area contributed by atoms with E-state index in [2.05, 4.69) is 24.0 Å². The predicted molar refractivity (Wildman–Crippen MR) is 97.9 cm³/mol. The summed E-state index contributed by atoms with van der Waals surface area (Å²) in [5.74, 6) is 1.98. The zero-order valence-electron chi connectivity index (χ0n) is 15.2. The van der Waals surface area contributed by atoms with Crippen molar-refractivity contribution in [2.75, 3.05) is 33.3 Å².